The highest BCUT2D eigenvalue weighted by Gasteiger charge is 2.37. The van der Waals surface area contributed by atoms with Crippen LogP contribution in [-0.4, -0.2) is 16.8 Å². The highest BCUT2D eigenvalue weighted by Crippen LogP contribution is 2.33. The number of nitrogens with two attached hydrogens (primary N) is 2. The number of sulfonamides is 2. The van der Waals surface area contributed by atoms with Gasteiger partial charge in [0, 0.05) is 16.4 Å². The number of hydrogen-bond donors (Lipinski definition) is 2. The molecule has 0 aliphatic rings. The van der Waals surface area contributed by atoms with Gasteiger partial charge in [-0.25, -0.2) is 16.8 Å². The van der Waals surface area contributed by atoms with Gasteiger partial charge in [0.2, 0.25) is 0 Å². The van der Waals surface area contributed by atoms with Crippen LogP contribution in [0.2, 0.25) is 5.02 Å². The van der Waals surface area contributed by atoms with Crippen LogP contribution < -0.4 is 15.2 Å². The van der Waals surface area contributed by atoms with E-state index in [1.54, 1.807) is 13.8 Å². The number of nitrogens with zero attached hydrogens (tertiary/aromatic N) is 1. The van der Waals surface area contributed by atoms with Gasteiger partial charge in [-0.15, -0.1) is 0 Å². The summed E-state index contributed by atoms with van der Waals surface area (Å²) in [6.45, 7) is 3.43. The van der Waals surface area contributed by atoms with Crippen molar-refractivity contribution in [2.24, 2.45) is 0 Å². The fourth-order valence-electron chi connectivity index (χ4n) is 2.72. The molecule has 0 fully saturated rings. The third-order valence-corrected chi connectivity index (χ3v) is 8.99. The Bertz CT molecular complexity index is 1240. The number of anilines is 3. The standard InChI is InChI=1S/C20H20ClN3O4S2/c1-13-3-9-17(11-19(13)22)29(25,26)24(16-7-5-15(21)6-8-16)30(27,28)18-10-4-14(2)20(23)12-18/h3-12H,22-23H2,1-2H3. The normalized spacial score (nSPS) is 12.0. The maximum atomic E-state index is 13.5. The molecule has 3 aromatic carbocycles. The van der Waals surface area contributed by atoms with Crippen molar-refractivity contribution in [3.8, 4) is 0 Å². The summed E-state index contributed by atoms with van der Waals surface area (Å²) in [5.41, 5.74) is 13.4. The van der Waals surface area contributed by atoms with Gasteiger partial charge in [-0.2, -0.15) is 3.71 Å². The summed E-state index contributed by atoms with van der Waals surface area (Å²) in [5, 5.41) is 0.327. The number of benzene rings is 3. The van der Waals surface area contributed by atoms with Crippen LogP contribution in [-0.2, 0) is 20.0 Å². The molecule has 158 valence electrons. The molecule has 0 aliphatic heterocycles. The van der Waals surface area contributed by atoms with Gasteiger partial charge in [-0.05, 0) is 73.5 Å². The first-order valence-electron chi connectivity index (χ1n) is 8.73. The Labute approximate surface area is 181 Å². The van der Waals surface area contributed by atoms with Gasteiger partial charge in [-0.1, -0.05) is 23.7 Å². The molecule has 30 heavy (non-hydrogen) atoms. The second-order valence-electron chi connectivity index (χ2n) is 6.72. The van der Waals surface area contributed by atoms with Gasteiger partial charge in [0.05, 0.1) is 15.5 Å². The summed E-state index contributed by atoms with van der Waals surface area (Å²) in [5.74, 6) is 0. The lowest BCUT2D eigenvalue weighted by molar-refractivity contribution is 0.584. The van der Waals surface area contributed by atoms with Crippen molar-refractivity contribution in [2.75, 3.05) is 15.2 Å². The van der Waals surface area contributed by atoms with E-state index < -0.39 is 20.0 Å². The molecular weight excluding hydrogens is 446 g/mol. The Balaban J connectivity index is 2.29. The van der Waals surface area contributed by atoms with Crippen molar-refractivity contribution in [3.05, 3.63) is 76.8 Å². The van der Waals surface area contributed by atoms with Crippen molar-refractivity contribution in [3.63, 3.8) is 0 Å². The molecular formula is C20H20ClN3O4S2. The van der Waals surface area contributed by atoms with Crippen molar-refractivity contribution < 1.29 is 16.8 Å². The van der Waals surface area contributed by atoms with Crippen molar-refractivity contribution in [1.29, 1.82) is 0 Å². The Morgan fingerprint density at radius 1 is 0.700 bits per heavy atom. The maximum absolute atomic E-state index is 13.5. The monoisotopic (exact) mass is 465 g/mol. The Morgan fingerprint density at radius 2 is 1.10 bits per heavy atom. The van der Waals surface area contributed by atoms with Crippen molar-refractivity contribution in [1.82, 2.24) is 0 Å². The molecule has 4 N–H and O–H groups in total. The third-order valence-electron chi connectivity index (χ3n) is 4.57. The van der Waals surface area contributed by atoms with Crippen LogP contribution in [0.15, 0.2) is 70.5 Å². The van der Waals surface area contributed by atoms with Crippen LogP contribution in [0.1, 0.15) is 11.1 Å². The Morgan fingerprint density at radius 3 is 1.47 bits per heavy atom. The molecule has 0 saturated carbocycles. The van der Waals surface area contributed by atoms with E-state index in [9.17, 15) is 16.8 Å². The lowest BCUT2D eigenvalue weighted by atomic mass is 10.2. The quantitative estimate of drug-likeness (QED) is 0.553. The Kier molecular flexibility index (Phi) is 5.72. The first-order valence-corrected chi connectivity index (χ1v) is 12.0. The van der Waals surface area contributed by atoms with Crippen LogP contribution in [0.25, 0.3) is 0 Å². The summed E-state index contributed by atoms with van der Waals surface area (Å²) >= 11 is 5.90. The zero-order valence-corrected chi connectivity index (χ0v) is 18.6. The first kappa shape index (κ1) is 21.9. The predicted molar refractivity (Wildman–Crippen MR) is 119 cm³/mol. The molecule has 0 bridgehead atoms. The van der Waals surface area contributed by atoms with Crippen LogP contribution in [0.5, 0.6) is 0 Å². The second-order valence-corrected chi connectivity index (χ2v) is 11.0. The molecule has 0 unspecified atom stereocenters. The number of hydrogen-bond acceptors (Lipinski definition) is 6. The van der Waals surface area contributed by atoms with E-state index in [0.717, 1.165) is 0 Å². The van der Waals surface area contributed by atoms with E-state index in [2.05, 4.69) is 0 Å². The topological polar surface area (TPSA) is 124 Å². The van der Waals surface area contributed by atoms with Gasteiger partial charge < -0.3 is 11.5 Å². The highest BCUT2D eigenvalue weighted by molar-refractivity contribution is 8.10. The molecule has 0 spiro atoms. The molecule has 0 radical (unpaired) electrons. The number of aryl methyl sites for hydroxylation is 2. The summed E-state index contributed by atoms with van der Waals surface area (Å²) in [4.78, 5) is -0.520. The van der Waals surface area contributed by atoms with Crippen LogP contribution in [0, 0.1) is 13.8 Å². The zero-order valence-electron chi connectivity index (χ0n) is 16.2. The molecule has 0 aromatic heterocycles. The number of halogens is 1. The predicted octanol–water partition coefficient (Wildman–Crippen LogP) is 3.71. The smallest absolute Gasteiger partial charge is 0.277 e. The van der Waals surface area contributed by atoms with Gasteiger partial charge in [0.15, 0.2) is 0 Å². The average molecular weight is 466 g/mol. The van der Waals surface area contributed by atoms with E-state index in [1.165, 1.54) is 60.7 Å². The molecule has 0 heterocycles. The summed E-state index contributed by atoms with van der Waals surface area (Å²) in [6, 6.07) is 13.5. The van der Waals surface area contributed by atoms with E-state index in [0.29, 0.717) is 19.9 Å². The molecule has 0 amide bonds. The van der Waals surface area contributed by atoms with Gasteiger partial charge in [0.25, 0.3) is 20.0 Å². The summed E-state index contributed by atoms with van der Waals surface area (Å²) in [6.07, 6.45) is 0. The number of rotatable bonds is 5. The van der Waals surface area contributed by atoms with Gasteiger partial charge >= 0.3 is 0 Å². The minimum Gasteiger partial charge on any atom is -0.398 e. The molecule has 0 aliphatic carbocycles. The second kappa shape index (κ2) is 7.82. The highest BCUT2D eigenvalue weighted by atomic mass is 35.5. The van der Waals surface area contributed by atoms with Gasteiger partial charge in [-0.3, -0.25) is 0 Å². The average Bonchev–Trinajstić information content (AvgIpc) is 2.67. The van der Waals surface area contributed by atoms with Crippen molar-refractivity contribution in [2.45, 2.75) is 23.6 Å². The Hall–Kier alpha value is -2.75. The SMILES string of the molecule is Cc1ccc(S(=O)(=O)N(c2ccc(Cl)cc2)S(=O)(=O)c2ccc(C)c(N)c2)cc1N. The van der Waals surface area contributed by atoms with Crippen LogP contribution in [0.3, 0.4) is 0 Å². The van der Waals surface area contributed by atoms with Crippen LogP contribution in [0.4, 0.5) is 17.1 Å². The molecule has 0 atom stereocenters. The molecule has 0 saturated heterocycles. The number of nitrogen functional groups attached to an aromatic ring is 2. The summed E-state index contributed by atoms with van der Waals surface area (Å²) in [7, 11) is -9.11. The van der Waals surface area contributed by atoms with E-state index in [1.807, 2.05) is 0 Å². The molecule has 3 rings (SSSR count). The third kappa shape index (κ3) is 3.96. The minimum absolute atomic E-state index is 0.0994. The molecule has 10 heteroatoms. The van der Waals surface area contributed by atoms with Gasteiger partial charge in [0.1, 0.15) is 0 Å². The first-order chi connectivity index (χ1) is 13.9. The fourth-order valence-corrected chi connectivity index (χ4v) is 6.61. The maximum Gasteiger partial charge on any atom is 0.277 e. The minimum atomic E-state index is -4.55. The van der Waals surface area contributed by atoms with Crippen molar-refractivity contribution >= 4 is 48.7 Å². The molecule has 7 nitrogen and oxygen atoms in total. The lowest BCUT2D eigenvalue weighted by Crippen LogP contribution is -2.37. The summed E-state index contributed by atoms with van der Waals surface area (Å²) < 4.78 is 54.3. The van der Waals surface area contributed by atoms with E-state index >= 15 is 0 Å². The van der Waals surface area contributed by atoms with Crippen LogP contribution >= 0.6 is 11.6 Å². The molecule has 3 aromatic rings. The van der Waals surface area contributed by atoms with E-state index in [4.69, 9.17) is 23.1 Å². The fraction of sp³-hybridized carbons (Fsp3) is 0.100. The zero-order chi connectivity index (χ0) is 22.3. The lowest BCUT2D eigenvalue weighted by Gasteiger charge is -2.24. The largest absolute Gasteiger partial charge is 0.398 e. The van der Waals surface area contributed by atoms with E-state index in [-0.39, 0.29) is 26.9 Å².